The van der Waals surface area contributed by atoms with Crippen molar-refractivity contribution in [2.45, 2.75) is 57.8 Å². The quantitative estimate of drug-likeness (QED) is 0.775. The van der Waals surface area contributed by atoms with Gasteiger partial charge in [-0.15, -0.1) is 0 Å². The molecular weight excluding hydrogens is 234 g/mol. The van der Waals surface area contributed by atoms with Crippen LogP contribution < -0.4 is 0 Å². The van der Waals surface area contributed by atoms with Gasteiger partial charge >= 0.3 is 0 Å². The third kappa shape index (κ3) is 3.59. The molecule has 0 bridgehead atoms. The maximum Gasteiger partial charge on any atom is 0.127 e. The lowest BCUT2D eigenvalue weighted by atomic mass is 9.84. The molecule has 0 heterocycles. The summed E-state index contributed by atoms with van der Waals surface area (Å²) < 4.78 is 0. The van der Waals surface area contributed by atoms with Crippen molar-refractivity contribution in [2.75, 3.05) is 7.05 Å². The Morgan fingerprint density at radius 1 is 1.11 bits per heavy atom. The molecule has 0 aliphatic heterocycles. The van der Waals surface area contributed by atoms with Gasteiger partial charge in [0, 0.05) is 18.8 Å². The van der Waals surface area contributed by atoms with Crippen LogP contribution in [0.3, 0.4) is 0 Å². The number of aromatic hydroxyl groups is 1. The first kappa shape index (κ1) is 14.1. The molecule has 1 saturated carbocycles. The van der Waals surface area contributed by atoms with Gasteiger partial charge in [0.1, 0.15) is 5.75 Å². The van der Waals surface area contributed by atoms with Crippen molar-refractivity contribution in [1.82, 2.24) is 0 Å². The fourth-order valence-electron chi connectivity index (χ4n) is 3.15. The molecule has 2 rings (SSSR count). The van der Waals surface area contributed by atoms with Crippen LogP contribution in [0.4, 0.5) is 0 Å². The molecule has 0 unspecified atom stereocenters. The first-order valence-electron chi connectivity index (χ1n) is 7.48. The molecule has 1 aliphatic carbocycles. The molecular formula is C17H25NO. The van der Waals surface area contributed by atoms with E-state index >= 15 is 0 Å². The van der Waals surface area contributed by atoms with Crippen LogP contribution in [-0.4, -0.2) is 18.4 Å². The molecule has 0 spiro atoms. The number of hydrogen-bond acceptors (Lipinski definition) is 2. The smallest absolute Gasteiger partial charge is 0.127 e. The minimum atomic E-state index is 0.446. The van der Waals surface area contributed by atoms with Crippen LogP contribution in [0, 0.1) is 6.92 Å². The van der Waals surface area contributed by atoms with E-state index in [4.69, 9.17) is 0 Å². The number of hydrogen-bond donors (Lipinski definition) is 1. The fraction of sp³-hybridized carbons (Fsp3) is 0.588. The maximum absolute atomic E-state index is 10.5. The Kier molecular flexibility index (Phi) is 5.00. The molecule has 0 aromatic heterocycles. The summed E-state index contributed by atoms with van der Waals surface area (Å²) in [4.78, 5) is 4.04. The van der Waals surface area contributed by atoms with Gasteiger partial charge in [-0.05, 0) is 42.9 Å². The summed E-state index contributed by atoms with van der Waals surface area (Å²) in [5.74, 6) is 0.964. The van der Waals surface area contributed by atoms with Gasteiger partial charge in [0.2, 0.25) is 0 Å². The molecule has 1 fully saturated rings. The Labute approximate surface area is 116 Å². The number of phenols is 1. The van der Waals surface area contributed by atoms with E-state index in [2.05, 4.69) is 18.0 Å². The van der Waals surface area contributed by atoms with E-state index in [0.29, 0.717) is 11.7 Å². The van der Waals surface area contributed by atoms with Gasteiger partial charge in [0.25, 0.3) is 0 Å². The standard InChI is InChI=1S/C17H25NO/c1-13-10-15(12-18-2)17(19)16(11-13)14-8-6-4-3-5-7-9-14/h10-12,14,19H,3-9H2,1-2H3. The molecule has 0 atom stereocenters. The van der Waals surface area contributed by atoms with E-state index in [-0.39, 0.29) is 0 Å². The zero-order chi connectivity index (χ0) is 13.7. The lowest BCUT2D eigenvalue weighted by Gasteiger charge is -2.22. The number of rotatable bonds is 2. The van der Waals surface area contributed by atoms with E-state index in [9.17, 15) is 5.11 Å². The molecule has 2 heteroatoms. The van der Waals surface area contributed by atoms with Crippen molar-refractivity contribution < 1.29 is 5.11 Å². The first-order valence-corrected chi connectivity index (χ1v) is 7.48. The molecule has 1 aliphatic rings. The highest BCUT2D eigenvalue weighted by atomic mass is 16.3. The maximum atomic E-state index is 10.5. The molecule has 1 aromatic carbocycles. The summed E-state index contributed by atoms with van der Waals surface area (Å²) in [6.45, 7) is 2.10. The van der Waals surface area contributed by atoms with E-state index in [1.54, 1.807) is 13.3 Å². The summed E-state index contributed by atoms with van der Waals surface area (Å²) >= 11 is 0. The molecule has 104 valence electrons. The van der Waals surface area contributed by atoms with Crippen LogP contribution in [0.25, 0.3) is 0 Å². The Bertz CT molecular complexity index is 443. The molecule has 19 heavy (non-hydrogen) atoms. The van der Waals surface area contributed by atoms with Crippen molar-refractivity contribution in [3.63, 3.8) is 0 Å². The third-order valence-electron chi connectivity index (χ3n) is 4.13. The SMILES string of the molecule is CN=Cc1cc(C)cc(C2CCCCCCC2)c1O. The van der Waals surface area contributed by atoms with Crippen LogP contribution in [0.1, 0.15) is 67.6 Å². The molecule has 1 N–H and O–H groups in total. The summed E-state index contributed by atoms with van der Waals surface area (Å²) in [6, 6.07) is 4.17. The van der Waals surface area contributed by atoms with Gasteiger partial charge in [0.15, 0.2) is 0 Å². The number of nitrogens with zero attached hydrogens (tertiary/aromatic N) is 1. The van der Waals surface area contributed by atoms with Gasteiger partial charge in [-0.1, -0.05) is 38.2 Å². The van der Waals surface area contributed by atoms with Gasteiger partial charge in [-0.3, -0.25) is 4.99 Å². The molecule has 0 saturated heterocycles. The highest BCUT2D eigenvalue weighted by molar-refractivity contribution is 5.84. The monoisotopic (exact) mass is 259 g/mol. The van der Waals surface area contributed by atoms with Crippen molar-refractivity contribution in [1.29, 1.82) is 0 Å². The lowest BCUT2D eigenvalue weighted by molar-refractivity contribution is 0.423. The van der Waals surface area contributed by atoms with Gasteiger partial charge in [-0.25, -0.2) is 0 Å². The van der Waals surface area contributed by atoms with Crippen LogP contribution >= 0.6 is 0 Å². The van der Waals surface area contributed by atoms with E-state index in [1.807, 2.05) is 6.07 Å². The van der Waals surface area contributed by atoms with E-state index in [1.165, 1.54) is 50.5 Å². The summed E-state index contributed by atoms with van der Waals surface area (Å²) in [5, 5.41) is 10.5. The minimum absolute atomic E-state index is 0.446. The minimum Gasteiger partial charge on any atom is -0.507 e. The Hall–Kier alpha value is -1.31. The Morgan fingerprint density at radius 2 is 1.74 bits per heavy atom. The summed E-state index contributed by atoms with van der Waals surface area (Å²) in [5.41, 5.74) is 3.21. The second-order valence-corrected chi connectivity index (χ2v) is 5.72. The number of aliphatic imine (C=N–C) groups is 1. The molecule has 1 aromatic rings. The number of aryl methyl sites for hydroxylation is 1. The van der Waals surface area contributed by atoms with Crippen molar-refractivity contribution in [3.8, 4) is 5.75 Å². The molecule has 0 radical (unpaired) electrons. The highest BCUT2D eigenvalue weighted by Gasteiger charge is 2.18. The third-order valence-corrected chi connectivity index (χ3v) is 4.13. The largest absolute Gasteiger partial charge is 0.507 e. The average molecular weight is 259 g/mol. The van der Waals surface area contributed by atoms with Crippen LogP contribution in [0.5, 0.6) is 5.75 Å². The van der Waals surface area contributed by atoms with Gasteiger partial charge in [-0.2, -0.15) is 0 Å². The topological polar surface area (TPSA) is 32.6 Å². The second kappa shape index (κ2) is 6.74. The summed E-state index contributed by atoms with van der Waals surface area (Å²) in [6.07, 6.45) is 10.8. The zero-order valence-electron chi connectivity index (χ0n) is 12.2. The summed E-state index contributed by atoms with van der Waals surface area (Å²) in [7, 11) is 1.75. The van der Waals surface area contributed by atoms with Crippen molar-refractivity contribution in [3.05, 3.63) is 28.8 Å². The predicted molar refractivity (Wildman–Crippen MR) is 81.4 cm³/mol. The van der Waals surface area contributed by atoms with Crippen LogP contribution in [-0.2, 0) is 0 Å². The zero-order valence-corrected chi connectivity index (χ0v) is 12.2. The van der Waals surface area contributed by atoms with E-state index < -0.39 is 0 Å². The van der Waals surface area contributed by atoms with Gasteiger partial charge < -0.3 is 5.11 Å². The number of benzene rings is 1. The fourth-order valence-corrected chi connectivity index (χ4v) is 3.15. The average Bonchev–Trinajstić information content (AvgIpc) is 2.34. The van der Waals surface area contributed by atoms with E-state index in [0.717, 1.165) is 11.1 Å². The van der Waals surface area contributed by atoms with Crippen LogP contribution in [0.15, 0.2) is 17.1 Å². The lowest BCUT2D eigenvalue weighted by Crippen LogP contribution is -2.04. The number of phenolic OH excluding ortho intramolecular Hbond substituents is 1. The van der Waals surface area contributed by atoms with Crippen LogP contribution in [0.2, 0.25) is 0 Å². The molecule has 0 amide bonds. The first-order chi connectivity index (χ1) is 9.22. The second-order valence-electron chi connectivity index (χ2n) is 5.72. The molecule has 2 nitrogen and oxygen atoms in total. The van der Waals surface area contributed by atoms with Gasteiger partial charge in [0.05, 0.1) is 0 Å². The Balaban J connectivity index is 2.31. The normalized spacial score (nSPS) is 18.4. The van der Waals surface area contributed by atoms with Crippen molar-refractivity contribution >= 4 is 6.21 Å². The highest BCUT2D eigenvalue weighted by Crippen LogP contribution is 2.37. The van der Waals surface area contributed by atoms with Crippen molar-refractivity contribution in [2.24, 2.45) is 4.99 Å². The predicted octanol–water partition coefficient (Wildman–Crippen LogP) is 4.58. The Morgan fingerprint density at radius 3 is 2.37 bits per heavy atom.